The van der Waals surface area contributed by atoms with Gasteiger partial charge in [-0.1, -0.05) is 20.8 Å². The van der Waals surface area contributed by atoms with E-state index in [-0.39, 0.29) is 22.8 Å². The minimum Gasteiger partial charge on any atom is -0.416 e. The summed E-state index contributed by atoms with van der Waals surface area (Å²) >= 11 is 0. The van der Waals surface area contributed by atoms with Gasteiger partial charge in [-0.3, -0.25) is 4.79 Å². The topological polar surface area (TPSA) is 44.8 Å². The Morgan fingerprint density at radius 1 is 1.30 bits per heavy atom. The Labute approximate surface area is 123 Å². The van der Waals surface area contributed by atoms with Crippen LogP contribution in [-0.2, 0) is 18.7 Å². The molecule has 0 N–H and O–H groups in total. The van der Waals surface area contributed by atoms with Gasteiger partial charge in [0.1, 0.15) is 6.10 Å². The van der Waals surface area contributed by atoms with Crippen molar-refractivity contribution < 1.29 is 18.7 Å². The Kier molecular flexibility index (Phi) is 3.96. The first-order chi connectivity index (χ1) is 8.93. The molecule has 2 rings (SSSR count). The quantitative estimate of drug-likeness (QED) is 0.751. The van der Waals surface area contributed by atoms with E-state index < -0.39 is 20.2 Å². The maximum absolute atomic E-state index is 12.0. The van der Waals surface area contributed by atoms with Crippen molar-refractivity contribution >= 4 is 14.1 Å². The number of hydrogen-bond donors (Lipinski definition) is 0. The third-order valence-corrected chi connectivity index (χ3v) is 9.34. The molecule has 0 bridgehead atoms. The molecule has 0 aromatic heterocycles. The van der Waals surface area contributed by atoms with Gasteiger partial charge in [0.05, 0.1) is 6.10 Å². The van der Waals surface area contributed by atoms with Crippen LogP contribution in [0.2, 0.25) is 18.1 Å². The second kappa shape index (κ2) is 4.90. The van der Waals surface area contributed by atoms with Gasteiger partial charge in [0.25, 0.3) is 0 Å². The summed E-state index contributed by atoms with van der Waals surface area (Å²) in [5.74, 6) is -0.367. The van der Waals surface area contributed by atoms with Gasteiger partial charge in [0, 0.05) is 18.9 Å². The number of Topliss-reactive ketones (excluding diaryl/α,β-unsaturated/α-hetero) is 1. The predicted molar refractivity (Wildman–Crippen MR) is 80.1 cm³/mol. The van der Waals surface area contributed by atoms with Gasteiger partial charge in [0.2, 0.25) is 0 Å². The zero-order chi connectivity index (χ0) is 15.3. The molecule has 0 aromatic carbocycles. The molecule has 1 saturated carbocycles. The van der Waals surface area contributed by atoms with E-state index in [1.807, 2.05) is 13.8 Å². The maximum atomic E-state index is 12.0. The molecule has 5 heteroatoms. The fraction of sp³-hybridized carbons (Fsp3) is 0.933. The number of rotatable bonds is 3. The van der Waals surface area contributed by atoms with Crippen molar-refractivity contribution in [1.29, 1.82) is 0 Å². The molecule has 1 heterocycles. The first-order valence-electron chi connectivity index (χ1n) is 7.45. The smallest absolute Gasteiger partial charge is 0.191 e. The molecule has 116 valence electrons. The number of ether oxygens (including phenoxy) is 2. The summed E-state index contributed by atoms with van der Waals surface area (Å²) in [6.45, 7) is 15.5. The van der Waals surface area contributed by atoms with Crippen LogP contribution in [0.5, 0.6) is 0 Å². The lowest BCUT2D eigenvalue weighted by Crippen LogP contribution is -2.43. The van der Waals surface area contributed by atoms with Gasteiger partial charge in [0.15, 0.2) is 19.9 Å². The van der Waals surface area contributed by atoms with E-state index in [1.54, 1.807) is 0 Å². The van der Waals surface area contributed by atoms with Crippen LogP contribution in [0.3, 0.4) is 0 Å². The van der Waals surface area contributed by atoms with Gasteiger partial charge in [-0.2, -0.15) is 0 Å². The highest BCUT2D eigenvalue weighted by atomic mass is 28.4. The summed E-state index contributed by atoms with van der Waals surface area (Å²) in [6.07, 6.45) is -0.0136. The molecule has 3 atom stereocenters. The van der Waals surface area contributed by atoms with E-state index in [9.17, 15) is 4.79 Å². The second-order valence-electron chi connectivity index (χ2n) is 8.02. The van der Waals surface area contributed by atoms with Crippen LogP contribution >= 0.6 is 0 Å². The van der Waals surface area contributed by atoms with Crippen LogP contribution in [-0.4, -0.2) is 38.7 Å². The summed E-state index contributed by atoms with van der Waals surface area (Å²) < 4.78 is 17.9. The van der Waals surface area contributed by atoms with Gasteiger partial charge in [-0.15, -0.1) is 0 Å². The van der Waals surface area contributed by atoms with Crippen molar-refractivity contribution in [3.63, 3.8) is 0 Å². The zero-order valence-electron chi connectivity index (χ0n) is 13.8. The monoisotopic (exact) mass is 300 g/mol. The highest BCUT2D eigenvalue weighted by Crippen LogP contribution is 2.42. The first-order valence-corrected chi connectivity index (χ1v) is 10.4. The van der Waals surface area contributed by atoms with E-state index >= 15 is 0 Å². The molecule has 0 aromatic rings. The van der Waals surface area contributed by atoms with Crippen LogP contribution in [0, 0.1) is 5.92 Å². The maximum Gasteiger partial charge on any atom is 0.191 e. The van der Waals surface area contributed by atoms with Crippen molar-refractivity contribution in [2.45, 2.75) is 77.2 Å². The molecule has 4 nitrogen and oxygen atoms in total. The molecule has 1 saturated heterocycles. The lowest BCUT2D eigenvalue weighted by Gasteiger charge is -2.37. The Hall–Kier alpha value is -0.233. The fourth-order valence-electron chi connectivity index (χ4n) is 2.56. The van der Waals surface area contributed by atoms with Gasteiger partial charge < -0.3 is 13.9 Å². The summed E-state index contributed by atoms with van der Waals surface area (Å²) in [6, 6.07) is 0. The van der Waals surface area contributed by atoms with Crippen molar-refractivity contribution in [2.75, 3.05) is 6.61 Å². The minimum atomic E-state index is -1.78. The van der Waals surface area contributed by atoms with Crippen LogP contribution < -0.4 is 0 Å². The summed E-state index contributed by atoms with van der Waals surface area (Å²) in [4.78, 5) is 12.0. The molecule has 2 aliphatic rings. The van der Waals surface area contributed by atoms with Crippen LogP contribution in [0.15, 0.2) is 0 Å². The van der Waals surface area contributed by atoms with E-state index in [0.717, 1.165) is 0 Å². The number of hydrogen-bond acceptors (Lipinski definition) is 4. The average Bonchev–Trinajstić information content (AvgIpc) is 2.70. The lowest BCUT2D eigenvalue weighted by atomic mass is 10.1. The van der Waals surface area contributed by atoms with E-state index in [1.165, 1.54) is 0 Å². The second-order valence-corrected chi connectivity index (χ2v) is 12.8. The standard InChI is InChI=1S/C15H28O4Si/c1-14(2,3)20(6,7)17-9-10-8-11(16)13-12(10)18-15(4,5)19-13/h10,12-13H,8-9H2,1-7H3/t10-,12+,13-/m1/s1. The van der Waals surface area contributed by atoms with Crippen LogP contribution in [0.4, 0.5) is 0 Å². The minimum absolute atomic E-state index is 0.128. The Morgan fingerprint density at radius 3 is 2.45 bits per heavy atom. The number of carbonyl (C=O) groups is 1. The van der Waals surface area contributed by atoms with E-state index in [4.69, 9.17) is 13.9 Å². The third kappa shape index (κ3) is 3.01. The average molecular weight is 300 g/mol. The molecule has 2 fully saturated rings. The highest BCUT2D eigenvalue weighted by molar-refractivity contribution is 6.74. The summed E-state index contributed by atoms with van der Waals surface area (Å²) in [5, 5.41) is 0.182. The lowest BCUT2D eigenvalue weighted by molar-refractivity contribution is -0.163. The SMILES string of the molecule is CC1(C)O[C@H]2[C@@H](CO[Si](C)(C)C(C)(C)C)CC(=O)[C@H]2O1. The normalized spacial score (nSPS) is 33.5. The Bertz CT molecular complexity index is 397. The first kappa shape index (κ1) is 16.1. The largest absolute Gasteiger partial charge is 0.416 e. The molecular weight excluding hydrogens is 272 g/mol. The molecule has 1 aliphatic carbocycles. The van der Waals surface area contributed by atoms with E-state index in [0.29, 0.717) is 13.0 Å². The predicted octanol–water partition coefficient (Wildman–Crippen LogP) is 3.12. The highest BCUT2D eigenvalue weighted by Gasteiger charge is 2.54. The van der Waals surface area contributed by atoms with Crippen molar-refractivity contribution in [1.82, 2.24) is 0 Å². The Balaban J connectivity index is 2.00. The number of fused-ring (bicyclic) bond motifs is 1. The number of ketones is 1. The molecule has 20 heavy (non-hydrogen) atoms. The van der Waals surface area contributed by atoms with Crippen molar-refractivity contribution in [2.24, 2.45) is 5.92 Å². The summed E-state index contributed by atoms with van der Waals surface area (Å²) in [5.41, 5.74) is 0. The fourth-order valence-corrected chi connectivity index (χ4v) is 3.62. The molecule has 0 amide bonds. The van der Waals surface area contributed by atoms with Crippen molar-refractivity contribution in [3.8, 4) is 0 Å². The molecule has 1 aliphatic heterocycles. The van der Waals surface area contributed by atoms with Gasteiger partial charge >= 0.3 is 0 Å². The molecule has 0 radical (unpaired) electrons. The van der Waals surface area contributed by atoms with Gasteiger partial charge in [-0.05, 0) is 32.0 Å². The van der Waals surface area contributed by atoms with E-state index in [2.05, 4.69) is 33.9 Å². The molecule has 0 spiro atoms. The molecular formula is C15H28O4Si. The summed E-state index contributed by atoms with van der Waals surface area (Å²) in [7, 11) is -1.78. The van der Waals surface area contributed by atoms with Gasteiger partial charge in [-0.25, -0.2) is 0 Å². The van der Waals surface area contributed by atoms with Crippen LogP contribution in [0.1, 0.15) is 41.0 Å². The third-order valence-electron chi connectivity index (χ3n) is 4.84. The zero-order valence-corrected chi connectivity index (χ0v) is 14.8. The van der Waals surface area contributed by atoms with Crippen molar-refractivity contribution in [3.05, 3.63) is 0 Å². The molecule has 0 unspecified atom stereocenters. The number of carbonyl (C=O) groups excluding carboxylic acids is 1. The Morgan fingerprint density at radius 2 is 1.90 bits per heavy atom. The van der Waals surface area contributed by atoms with Crippen LogP contribution in [0.25, 0.3) is 0 Å².